The molecule has 2 aromatic rings. The highest BCUT2D eigenvalue weighted by molar-refractivity contribution is 9.10. The molecule has 0 fully saturated rings. The van der Waals surface area contributed by atoms with Crippen LogP contribution in [0.3, 0.4) is 0 Å². The Morgan fingerprint density at radius 1 is 1.00 bits per heavy atom. The number of fused-ring (bicyclic) bond motifs is 1. The number of anilines is 2. The Hall–Kier alpha value is -2.21. The first-order chi connectivity index (χ1) is 9.49. The zero-order chi connectivity index (χ0) is 14.4. The molecular weight excluding hydrogens is 327 g/mol. The van der Waals surface area contributed by atoms with Gasteiger partial charge in [0.1, 0.15) is 5.82 Å². The van der Waals surface area contributed by atoms with Crippen LogP contribution in [-0.2, 0) is 0 Å². The minimum absolute atomic E-state index is 0.176. The van der Waals surface area contributed by atoms with Gasteiger partial charge in [0.05, 0.1) is 16.8 Å². The van der Waals surface area contributed by atoms with Gasteiger partial charge in [0.15, 0.2) is 0 Å². The van der Waals surface area contributed by atoms with Crippen LogP contribution in [-0.4, -0.2) is 11.8 Å². The minimum Gasteiger partial charge on any atom is -0.399 e. The van der Waals surface area contributed by atoms with Crippen LogP contribution in [0.1, 0.15) is 20.7 Å². The molecule has 0 bridgehead atoms. The summed E-state index contributed by atoms with van der Waals surface area (Å²) in [5.74, 6) is -1.53. The first-order valence-electron chi connectivity index (χ1n) is 5.72. The van der Waals surface area contributed by atoms with E-state index in [1.54, 1.807) is 6.07 Å². The molecule has 2 aromatic carbocycles. The molecule has 3 rings (SSSR count). The van der Waals surface area contributed by atoms with E-state index in [0.29, 0.717) is 10.2 Å². The number of imide groups is 1. The second-order valence-electron chi connectivity index (χ2n) is 4.35. The number of hydrogen-bond acceptors (Lipinski definition) is 3. The molecule has 1 heterocycles. The molecule has 1 aliphatic rings. The van der Waals surface area contributed by atoms with Gasteiger partial charge in [-0.05, 0) is 52.3 Å². The van der Waals surface area contributed by atoms with Gasteiger partial charge in [-0.2, -0.15) is 0 Å². The van der Waals surface area contributed by atoms with Gasteiger partial charge in [0, 0.05) is 10.2 Å². The molecular formula is C14H8BrFN2O2. The normalized spacial score (nSPS) is 13.8. The Kier molecular flexibility index (Phi) is 2.83. The third-order valence-electron chi connectivity index (χ3n) is 3.06. The van der Waals surface area contributed by atoms with Crippen molar-refractivity contribution in [2.24, 2.45) is 0 Å². The number of amides is 2. The van der Waals surface area contributed by atoms with Gasteiger partial charge in [0.2, 0.25) is 0 Å². The van der Waals surface area contributed by atoms with Crippen LogP contribution >= 0.6 is 15.9 Å². The number of nitrogen functional groups attached to an aromatic ring is 1. The van der Waals surface area contributed by atoms with E-state index >= 15 is 0 Å². The number of nitrogens with two attached hydrogens (primary N) is 1. The first kappa shape index (κ1) is 12.8. The average molecular weight is 335 g/mol. The third-order valence-corrected chi connectivity index (χ3v) is 3.73. The average Bonchev–Trinajstić information content (AvgIpc) is 2.65. The molecule has 0 atom stereocenters. The SMILES string of the molecule is Nc1ccc2c(c1)C(=O)N(c1cc(F)ccc1Br)C2=O. The number of carbonyl (C=O) groups is 2. The maximum absolute atomic E-state index is 13.4. The van der Waals surface area contributed by atoms with Crippen molar-refractivity contribution in [3.8, 4) is 0 Å². The van der Waals surface area contributed by atoms with Crippen molar-refractivity contribution in [1.82, 2.24) is 0 Å². The van der Waals surface area contributed by atoms with Crippen molar-refractivity contribution in [3.63, 3.8) is 0 Å². The Labute approximate surface area is 122 Å². The Morgan fingerprint density at radius 2 is 1.70 bits per heavy atom. The zero-order valence-corrected chi connectivity index (χ0v) is 11.6. The van der Waals surface area contributed by atoms with Gasteiger partial charge >= 0.3 is 0 Å². The summed E-state index contributed by atoms with van der Waals surface area (Å²) in [6.45, 7) is 0. The lowest BCUT2D eigenvalue weighted by Gasteiger charge is -2.15. The largest absolute Gasteiger partial charge is 0.399 e. The van der Waals surface area contributed by atoms with Crippen LogP contribution in [0.4, 0.5) is 15.8 Å². The van der Waals surface area contributed by atoms with Gasteiger partial charge in [-0.1, -0.05) is 0 Å². The monoisotopic (exact) mass is 334 g/mol. The van der Waals surface area contributed by atoms with E-state index < -0.39 is 17.6 Å². The van der Waals surface area contributed by atoms with Gasteiger partial charge in [0.25, 0.3) is 11.8 Å². The van der Waals surface area contributed by atoms with E-state index in [1.807, 2.05) is 0 Å². The van der Waals surface area contributed by atoms with E-state index in [-0.39, 0.29) is 16.8 Å². The zero-order valence-electron chi connectivity index (χ0n) is 10.1. The molecule has 2 N–H and O–H groups in total. The van der Waals surface area contributed by atoms with Crippen molar-refractivity contribution in [2.45, 2.75) is 0 Å². The van der Waals surface area contributed by atoms with Crippen molar-refractivity contribution in [1.29, 1.82) is 0 Å². The van der Waals surface area contributed by atoms with Crippen LogP contribution < -0.4 is 10.6 Å². The fraction of sp³-hybridized carbons (Fsp3) is 0. The summed E-state index contributed by atoms with van der Waals surface area (Å²) in [4.78, 5) is 25.6. The van der Waals surface area contributed by atoms with Gasteiger partial charge in [-0.15, -0.1) is 0 Å². The maximum Gasteiger partial charge on any atom is 0.266 e. The number of hydrogen-bond donors (Lipinski definition) is 1. The molecule has 2 amide bonds. The molecule has 100 valence electrons. The quantitative estimate of drug-likeness (QED) is 0.644. The molecule has 0 spiro atoms. The van der Waals surface area contributed by atoms with Crippen LogP contribution in [0.5, 0.6) is 0 Å². The summed E-state index contributed by atoms with van der Waals surface area (Å²) in [5, 5.41) is 0. The summed E-state index contributed by atoms with van der Waals surface area (Å²) in [6, 6.07) is 8.32. The minimum atomic E-state index is -0.528. The predicted octanol–water partition coefficient (Wildman–Crippen LogP) is 2.97. The van der Waals surface area contributed by atoms with Gasteiger partial charge < -0.3 is 5.73 Å². The summed E-state index contributed by atoms with van der Waals surface area (Å²) >= 11 is 3.22. The molecule has 6 heteroatoms. The predicted molar refractivity (Wildman–Crippen MR) is 76.1 cm³/mol. The van der Waals surface area contributed by atoms with Crippen molar-refractivity contribution >= 4 is 39.1 Å². The summed E-state index contributed by atoms with van der Waals surface area (Å²) in [6.07, 6.45) is 0. The Morgan fingerprint density at radius 3 is 2.45 bits per heavy atom. The van der Waals surface area contributed by atoms with Crippen molar-refractivity contribution in [3.05, 3.63) is 57.8 Å². The van der Waals surface area contributed by atoms with Gasteiger partial charge in [-0.3, -0.25) is 9.59 Å². The number of nitrogens with zero attached hydrogens (tertiary/aromatic N) is 1. The highest BCUT2D eigenvalue weighted by atomic mass is 79.9. The lowest BCUT2D eigenvalue weighted by molar-refractivity contribution is 0.0926. The van der Waals surface area contributed by atoms with E-state index in [9.17, 15) is 14.0 Å². The topological polar surface area (TPSA) is 63.4 Å². The second kappa shape index (κ2) is 4.42. The van der Waals surface area contributed by atoms with Crippen LogP contribution in [0.25, 0.3) is 0 Å². The van der Waals surface area contributed by atoms with Crippen LogP contribution in [0.2, 0.25) is 0 Å². The summed E-state index contributed by atoms with van der Waals surface area (Å²) in [5.41, 5.74) is 6.69. The number of halogens is 2. The van der Waals surface area contributed by atoms with Gasteiger partial charge in [-0.25, -0.2) is 9.29 Å². The molecule has 0 radical (unpaired) electrons. The first-order valence-corrected chi connectivity index (χ1v) is 6.51. The standard InChI is InChI=1S/C14H8BrFN2O2/c15-11-4-1-7(16)5-12(11)18-13(19)9-3-2-8(17)6-10(9)14(18)20/h1-6H,17H2. The molecule has 1 aliphatic heterocycles. The number of benzene rings is 2. The number of carbonyl (C=O) groups excluding carboxylic acids is 2. The maximum atomic E-state index is 13.4. The van der Waals surface area contributed by atoms with Crippen molar-refractivity contribution in [2.75, 3.05) is 10.6 Å². The van der Waals surface area contributed by atoms with Crippen LogP contribution in [0.15, 0.2) is 40.9 Å². The summed E-state index contributed by atoms with van der Waals surface area (Å²) in [7, 11) is 0. The van der Waals surface area contributed by atoms with Crippen LogP contribution in [0, 0.1) is 5.82 Å². The molecule has 0 saturated heterocycles. The third kappa shape index (κ3) is 1.80. The molecule has 0 aliphatic carbocycles. The lowest BCUT2D eigenvalue weighted by Crippen LogP contribution is -2.29. The highest BCUT2D eigenvalue weighted by Gasteiger charge is 2.37. The fourth-order valence-corrected chi connectivity index (χ4v) is 2.56. The lowest BCUT2D eigenvalue weighted by atomic mass is 10.1. The van der Waals surface area contributed by atoms with E-state index in [1.165, 1.54) is 24.3 Å². The second-order valence-corrected chi connectivity index (χ2v) is 5.20. The highest BCUT2D eigenvalue weighted by Crippen LogP contribution is 2.34. The molecule has 20 heavy (non-hydrogen) atoms. The Bertz CT molecular complexity index is 761. The smallest absolute Gasteiger partial charge is 0.266 e. The Balaban J connectivity index is 2.16. The molecule has 4 nitrogen and oxygen atoms in total. The number of rotatable bonds is 1. The molecule has 0 saturated carbocycles. The van der Waals surface area contributed by atoms with E-state index in [4.69, 9.17) is 5.73 Å². The van der Waals surface area contributed by atoms with E-state index in [2.05, 4.69) is 15.9 Å². The van der Waals surface area contributed by atoms with Crippen molar-refractivity contribution < 1.29 is 14.0 Å². The molecule has 0 unspecified atom stereocenters. The summed E-state index contributed by atoms with van der Waals surface area (Å²) < 4.78 is 13.8. The van der Waals surface area contributed by atoms with E-state index in [0.717, 1.165) is 11.0 Å². The molecule has 0 aromatic heterocycles. The fourth-order valence-electron chi connectivity index (χ4n) is 2.13.